The number of rotatable bonds is 9. The number of fused-ring (bicyclic) bond motifs is 1. The van der Waals surface area contributed by atoms with Crippen LogP contribution in [0.4, 0.5) is 5.13 Å². The van der Waals surface area contributed by atoms with Gasteiger partial charge in [-0.25, -0.2) is 9.78 Å². The van der Waals surface area contributed by atoms with Gasteiger partial charge in [0.1, 0.15) is 28.9 Å². The number of hydrogen-bond donors (Lipinski definition) is 2. The summed E-state index contributed by atoms with van der Waals surface area (Å²) in [7, 11) is 0. The van der Waals surface area contributed by atoms with Crippen molar-refractivity contribution in [3.63, 3.8) is 0 Å². The second kappa shape index (κ2) is 11.3. The molecule has 12 nitrogen and oxygen atoms in total. The third-order valence-corrected chi connectivity index (χ3v) is 7.03. The molecule has 2 aliphatic heterocycles. The number of ether oxygens (including phenoxy) is 2. The molecule has 3 heterocycles. The highest BCUT2D eigenvalue weighted by atomic mass is 32.2. The quantitative estimate of drug-likeness (QED) is 0.152. The Bertz CT molecular complexity index is 1170. The first-order valence-corrected chi connectivity index (χ1v) is 13.2. The van der Waals surface area contributed by atoms with Crippen LogP contribution in [0.2, 0.25) is 0 Å². The molecule has 0 aliphatic carbocycles. The summed E-state index contributed by atoms with van der Waals surface area (Å²) in [5.41, 5.74) is 5.48. The van der Waals surface area contributed by atoms with Gasteiger partial charge in [-0.3, -0.25) is 19.3 Å². The van der Waals surface area contributed by atoms with E-state index in [0.717, 1.165) is 11.3 Å². The van der Waals surface area contributed by atoms with Crippen molar-refractivity contribution in [2.45, 2.75) is 52.1 Å². The number of oxime groups is 1. The zero-order chi connectivity index (χ0) is 27.5. The number of aromatic nitrogens is 1. The average molecular weight is 552 g/mol. The standard InChI is InChI=1S/C23H29N5O7S2/c1-7-12-8-36-19-15(26-17(29)14(27-35-11(2)3)13-9-37-22(24)25-13)18(30)28(19)16(12)20(31)33-10-34-21(32)23(4,5)6/h7,9,11,15,19H,1,8,10H2,2-6H3,(H2,24,25)(H,26,29)/t15?,19-/m1/s1. The van der Waals surface area contributed by atoms with Gasteiger partial charge in [-0.1, -0.05) is 17.8 Å². The number of anilines is 1. The van der Waals surface area contributed by atoms with Gasteiger partial charge in [0, 0.05) is 11.1 Å². The number of esters is 2. The zero-order valence-corrected chi connectivity index (χ0v) is 22.7. The molecule has 3 N–H and O–H groups in total. The molecule has 0 aromatic carbocycles. The second-order valence-electron chi connectivity index (χ2n) is 9.34. The van der Waals surface area contributed by atoms with E-state index in [1.807, 2.05) is 0 Å². The van der Waals surface area contributed by atoms with E-state index in [-0.39, 0.29) is 28.3 Å². The highest BCUT2D eigenvalue weighted by Gasteiger charge is 2.54. The van der Waals surface area contributed by atoms with Crippen LogP contribution in [0.15, 0.2) is 34.5 Å². The lowest BCUT2D eigenvalue weighted by molar-refractivity contribution is -0.173. The fraction of sp³-hybridized carbons (Fsp3) is 0.478. The summed E-state index contributed by atoms with van der Waals surface area (Å²) in [6.07, 6.45) is 1.16. The second-order valence-corrected chi connectivity index (χ2v) is 11.3. The van der Waals surface area contributed by atoms with Gasteiger partial charge in [0.15, 0.2) is 10.8 Å². The number of β-lactam (4-membered cyclic amide) rings is 1. The minimum absolute atomic E-state index is 0.00892. The minimum atomic E-state index is -0.939. The van der Waals surface area contributed by atoms with Gasteiger partial charge in [0.05, 0.1) is 5.41 Å². The van der Waals surface area contributed by atoms with Gasteiger partial charge in [0.2, 0.25) is 6.79 Å². The summed E-state index contributed by atoms with van der Waals surface area (Å²) in [5.74, 6) is -2.24. The lowest BCUT2D eigenvalue weighted by Crippen LogP contribution is -2.71. The molecule has 0 spiro atoms. The van der Waals surface area contributed by atoms with Crippen molar-refractivity contribution in [3.8, 4) is 0 Å². The van der Waals surface area contributed by atoms with Crippen molar-refractivity contribution < 1.29 is 33.5 Å². The molecule has 14 heteroatoms. The van der Waals surface area contributed by atoms with Crippen LogP contribution in [0.1, 0.15) is 40.3 Å². The average Bonchev–Trinajstić information content (AvgIpc) is 3.26. The van der Waals surface area contributed by atoms with Crippen LogP contribution in [0.5, 0.6) is 0 Å². The van der Waals surface area contributed by atoms with Gasteiger partial charge in [-0.15, -0.1) is 23.1 Å². The highest BCUT2D eigenvalue weighted by molar-refractivity contribution is 8.00. The summed E-state index contributed by atoms with van der Waals surface area (Å²) in [6.45, 7) is 11.6. The number of nitrogens with two attached hydrogens (primary N) is 1. The van der Waals surface area contributed by atoms with E-state index in [9.17, 15) is 19.2 Å². The normalized spacial score (nSPS) is 19.7. The van der Waals surface area contributed by atoms with Gasteiger partial charge < -0.3 is 25.4 Å². The van der Waals surface area contributed by atoms with Crippen molar-refractivity contribution >= 4 is 57.7 Å². The van der Waals surface area contributed by atoms with E-state index < -0.39 is 47.4 Å². The highest BCUT2D eigenvalue weighted by Crippen LogP contribution is 2.41. The topological polar surface area (TPSA) is 163 Å². The van der Waals surface area contributed by atoms with Crippen LogP contribution < -0.4 is 11.1 Å². The lowest BCUT2D eigenvalue weighted by atomic mass is 9.98. The van der Waals surface area contributed by atoms with Gasteiger partial charge >= 0.3 is 11.9 Å². The maximum absolute atomic E-state index is 13.1. The Balaban J connectivity index is 1.73. The predicted octanol–water partition coefficient (Wildman–Crippen LogP) is 1.78. The maximum Gasteiger partial charge on any atom is 0.358 e. The summed E-state index contributed by atoms with van der Waals surface area (Å²) in [4.78, 5) is 61.5. The molecule has 2 amide bonds. The summed E-state index contributed by atoms with van der Waals surface area (Å²) in [6, 6.07) is -0.939. The first-order chi connectivity index (χ1) is 17.3. The molecule has 200 valence electrons. The van der Waals surface area contributed by atoms with E-state index in [2.05, 4.69) is 22.0 Å². The maximum atomic E-state index is 13.1. The van der Waals surface area contributed by atoms with E-state index in [1.165, 1.54) is 22.7 Å². The predicted molar refractivity (Wildman–Crippen MR) is 138 cm³/mol. The van der Waals surface area contributed by atoms with Gasteiger partial charge in [-0.05, 0) is 40.2 Å². The zero-order valence-electron chi connectivity index (χ0n) is 21.1. The van der Waals surface area contributed by atoms with Crippen LogP contribution in [0.25, 0.3) is 0 Å². The number of carbonyl (C=O) groups excluding carboxylic acids is 4. The van der Waals surface area contributed by atoms with Gasteiger partial charge in [-0.2, -0.15) is 0 Å². The molecule has 37 heavy (non-hydrogen) atoms. The van der Waals surface area contributed by atoms with Crippen molar-refractivity contribution in [1.29, 1.82) is 0 Å². The molecule has 1 unspecified atom stereocenters. The number of thioether (sulfide) groups is 1. The molecule has 0 radical (unpaired) electrons. The number of carbonyl (C=O) groups is 4. The molecule has 1 aromatic rings. The molecule has 1 aromatic heterocycles. The molecule has 1 fully saturated rings. The number of amides is 2. The van der Waals surface area contributed by atoms with E-state index in [4.69, 9.17) is 20.0 Å². The Morgan fingerprint density at radius 3 is 2.62 bits per heavy atom. The summed E-state index contributed by atoms with van der Waals surface area (Å²) < 4.78 is 10.1. The SMILES string of the molecule is C=CC1=C(C(=O)OCOC(=O)C(C)(C)C)N2C(=O)C(NC(=O)C(=NOC(C)C)c3csc(N)n3)[C@H]2SC1. The van der Waals surface area contributed by atoms with Crippen molar-refractivity contribution in [2.75, 3.05) is 18.3 Å². The number of allylic oxidation sites excluding steroid dienone is 1. The van der Waals surface area contributed by atoms with Crippen LogP contribution in [0, 0.1) is 5.41 Å². The number of nitrogens with zero attached hydrogens (tertiary/aromatic N) is 3. The molecule has 3 rings (SSSR count). The van der Waals surface area contributed by atoms with E-state index in [0.29, 0.717) is 11.3 Å². The molecule has 2 aliphatic rings. The van der Waals surface area contributed by atoms with Crippen molar-refractivity contribution in [1.82, 2.24) is 15.2 Å². The largest absolute Gasteiger partial charge is 0.427 e. The van der Waals surface area contributed by atoms with Gasteiger partial charge in [0.25, 0.3) is 11.8 Å². The summed E-state index contributed by atoms with van der Waals surface area (Å²) >= 11 is 2.48. The Morgan fingerprint density at radius 2 is 2.05 bits per heavy atom. The van der Waals surface area contributed by atoms with Crippen LogP contribution in [0.3, 0.4) is 0 Å². The number of thiazole rings is 1. The first kappa shape index (κ1) is 28.2. The number of nitrogens with one attached hydrogen (secondary N) is 1. The van der Waals surface area contributed by atoms with E-state index in [1.54, 1.807) is 40.0 Å². The third-order valence-electron chi connectivity index (χ3n) is 5.05. The molecular weight excluding hydrogens is 522 g/mol. The fourth-order valence-electron chi connectivity index (χ4n) is 3.18. The Morgan fingerprint density at radius 1 is 1.35 bits per heavy atom. The third kappa shape index (κ3) is 6.31. The molecule has 2 atom stereocenters. The number of nitrogen functional groups attached to an aromatic ring is 1. The Labute approximate surface area is 222 Å². The Hall–Kier alpha value is -3.39. The van der Waals surface area contributed by atoms with E-state index >= 15 is 0 Å². The van der Waals surface area contributed by atoms with Crippen LogP contribution in [-0.2, 0) is 33.5 Å². The lowest BCUT2D eigenvalue weighted by Gasteiger charge is -2.49. The van der Waals surface area contributed by atoms with Crippen molar-refractivity contribution in [2.24, 2.45) is 10.6 Å². The monoisotopic (exact) mass is 551 g/mol. The summed E-state index contributed by atoms with van der Waals surface area (Å²) in [5, 5.41) is 7.78. The molecule has 0 bridgehead atoms. The Kier molecular flexibility index (Phi) is 8.64. The number of hydrogen-bond acceptors (Lipinski definition) is 12. The van der Waals surface area contributed by atoms with Crippen LogP contribution >= 0.6 is 23.1 Å². The first-order valence-electron chi connectivity index (χ1n) is 11.3. The molecule has 1 saturated heterocycles. The smallest absolute Gasteiger partial charge is 0.358 e. The molecular formula is C23H29N5O7S2. The minimum Gasteiger partial charge on any atom is -0.427 e. The fourth-order valence-corrected chi connectivity index (χ4v) is 5.07. The molecule has 0 saturated carbocycles. The van der Waals surface area contributed by atoms with Crippen molar-refractivity contribution in [3.05, 3.63) is 35.0 Å². The van der Waals surface area contributed by atoms with Crippen LogP contribution in [-0.4, -0.2) is 69.4 Å².